The number of nitrogens with zero attached hydrogens (tertiary/aromatic N) is 2. The fraction of sp³-hybridized carbons (Fsp3) is 0.727. The maximum absolute atomic E-state index is 4.47. The number of hydrogen-bond donors (Lipinski definition) is 1. The Kier molecular flexibility index (Phi) is 3.84. The second-order valence-electron chi connectivity index (χ2n) is 4.74. The molecule has 0 unspecified atom stereocenters. The van der Waals surface area contributed by atoms with Gasteiger partial charge in [0.25, 0.3) is 0 Å². The molecule has 0 aliphatic rings. The first-order chi connectivity index (χ1) is 6.85. The van der Waals surface area contributed by atoms with Crippen LogP contribution in [0.1, 0.15) is 32.0 Å². The quantitative estimate of drug-likeness (QED) is 0.804. The average molecular weight is 227 g/mol. The van der Waals surface area contributed by atoms with Gasteiger partial charge in [0, 0.05) is 23.9 Å². The Bertz CT molecular complexity index is 336. The molecular weight excluding hydrogens is 206 g/mol. The topological polar surface area (TPSA) is 29.9 Å². The molecule has 0 fully saturated rings. The summed E-state index contributed by atoms with van der Waals surface area (Å²) < 4.78 is 2.21. The third-order valence-corrected chi connectivity index (χ3v) is 3.36. The number of thioether (sulfide) groups is 1. The molecule has 4 heteroatoms. The third-order valence-electron chi connectivity index (χ3n) is 2.05. The van der Waals surface area contributed by atoms with Crippen LogP contribution in [0.25, 0.3) is 0 Å². The Labute approximate surface area is 96.6 Å². The van der Waals surface area contributed by atoms with Crippen molar-refractivity contribution in [1.29, 1.82) is 0 Å². The Hall–Kier alpha value is -0.480. The van der Waals surface area contributed by atoms with Crippen LogP contribution in [0.3, 0.4) is 0 Å². The van der Waals surface area contributed by atoms with Crippen LogP contribution in [0.5, 0.6) is 0 Å². The van der Waals surface area contributed by atoms with Gasteiger partial charge in [0.2, 0.25) is 0 Å². The summed E-state index contributed by atoms with van der Waals surface area (Å²) in [6.07, 6.45) is 0. The summed E-state index contributed by atoms with van der Waals surface area (Å²) in [7, 11) is 3.98. The summed E-state index contributed by atoms with van der Waals surface area (Å²) in [5.74, 6) is 0. The zero-order chi connectivity index (χ0) is 11.6. The van der Waals surface area contributed by atoms with Crippen LogP contribution in [0, 0.1) is 6.92 Å². The maximum Gasteiger partial charge on any atom is 0.0989 e. The van der Waals surface area contributed by atoms with E-state index in [9.17, 15) is 0 Å². The van der Waals surface area contributed by atoms with Gasteiger partial charge in [0.1, 0.15) is 0 Å². The lowest BCUT2D eigenvalue weighted by Gasteiger charge is -2.18. The van der Waals surface area contributed by atoms with Gasteiger partial charge in [-0.05, 0) is 14.0 Å². The van der Waals surface area contributed by atoms with Crippen molar-refractivity contribution in [3.63, 3.8) is 0 Å². The Morgan fingerprint density at radius 1 is 1.40 bits per heavy atom. The van der Waals surface area contributed by atoms with E-state index in [4.69, 9.17) is 0 Å². The highest BCUT2D eigenvalue weighted by Crippen LogP contribution is 2.34. The Balaban J connectivity index is 3.04. The van der Waals surface area contributed by atoms with Crippen molar-refractivity contribution in [3.8, 4) is 0 Å². The molecule has 1 rings (SSSR count). The first-order valence-corrected chi connectivity index (χ1v) is 6.03. The fourth-order valence-electron chi connectivity index (χ4n) is 1.48. The molecule has 1 aromatic heterocycles. The first kappa shape index (κ1) is 12.6. The van der Waals surface area contributed by atoms with Crippen molar-refractivity contribution >= 4 is 11.8 Å². The van der Waals surface area contributed by atoms with E-state index in [2.05, 4.69) is 38.1 Å². The van der Waals surface area contributed by atoms with Crippen molar-refractivity contribution in [2.45, 2.75) is 44.0 Å². The number of rotatable bonds is 3. The second kappa shape index (κ2) is 4.58. The monoisotopic (exact) mass is 227 g/mol. The maximum atomic E-state index is 4.47. The number of hydrogen-bond acceptors (Lipinski definition) is 3. The molecule has 0 aliphatic carbocycles. The predicted octanol–water partition coefficient (Wildman–Crippen LogP) is 2.34. The minimum Gasteiger partial charge on any atom is -0.316 e. The smallest absolute Gasteiger partial charge is 0.0989 e. The molecule has 15 heavy (non-hydrogen) atoms. The Morgan fingerprint density at radius 2 is 2.00 bits per heavy atom. The average Bonchev–Trinajstić information content (AvgIpc) is 2.30. The normalized spacial score (nSPS) is 12.1. The molecule has 0 atom stereocenters. The number of aryl methyl sites for hydroxylation is 2. The van der Waals surface area contributed by atoms with Gasteiger partial charge in [-0.1, -0.05) is 20.8 Å². The van der Waals surface area contributed by atoms with E-state index >= 15 is 0 Å². The molecule has 0 amide bonds. The molecule has 1 N–H and O–H groups in total. The van der Waals surface area contributed by atoms with E-state index in [1.54, 1.807) is 0 Å². The molecule has 3 nitrogen and oxygen atoms in total. The molecule has 0 aliphatic heterocycles. The standard InChI is InChI=1S/C11H21N3S/c1-8-9(7-12-5)10(14(6)13-8)15-11(2,3)4/h12H,7H2,1-6H3. The third kappa shape index (κ3) is 3.24. The van der Waals surface area contributed by atoms with Gasteiger partial charge in [-0.2, -0.15) is 5.10 Å². The number of aromatic nitrogens is 2. The minimum absolute atomic E-state index is 0.225. The van der Waals surface area contributed by atoms with Crippen molar-refractivity contribution in [2.75, 3.05) is 7.05 Å². The van der Waals surface area contributed by atoms with Crippen LogP contribution in [0.2, 0.25) is 0 Å². The highest BCUT2D eigenvalue weighted by Gasteiger charge is 2.19. The fourth-order valence-corrected chi connectivity index (χ4v) is 2.57. The lowest BCUT2D eigenvalue weighted by molar-refractivity contribution is 0.675. The summed E-state index contributed by atoms with van der Waals surface area (Å²) in [5, 5.41) is 8.94. The molecular formula is C11H21N3S. The molecule has 0 radical (unpaired) electrons. The zero-order valence-electron chi connectivity index (χ0n) is 10.5. The summed E-state index contributed by atoms with van der Waals surface area (Å²) in [4.78, 5) is 0. The predicted molar refractivity (Wildman–Crippen MR) is 66.3 cm³/mol. The van der Waals surface area contributed by atoms with Crippen LogP contribution < -0.4 is 5.32 Å². The van der Waals surface area contributed by atoms with Gasteiger partial charge in [0.15, 0.2) is 0 Å². The lowest BCUT2D eigenvalue weighted by atomic mass is 10.2. The van der Waals surface area contributed by atoms with Crippen LogP contribution in [-0.2, 0) is 13.6 Å². The summed E-state index contributed by atoms with van der Waals surface area (Å²) in [5.41, 5.74) is 2.44. The van der Waals surface area contributed by atoms with E-state index in [1.165, 1.54) is 10.6 Å². The van der Waals surface area contributed by atoms with E-state index in [-0.39, 0.29) is 4.75 Å². The van der Waals surface area contributed by atoms with Crippen molar-refractivity contribution < 1.29 is 0 Å². The summed E-state index contributed by atoms with van der Waals surface area (Å²) in [6.45, 7) is 9.63. The molecule has 86 valence electrons. The highest BCUT2D eigenvalue weighted by molar-refractivity contribution is 8.00. The van der Waals surface area contributed by atoms with Crippen LogP contribution >= 0.6 is 11.8 Å². The van der Waals surface area contributed by atoms with Gasteiger partial charge < -0.3 is 5.32 Å². The van der Waals surface area contributed by atoms with E-state index < -0.39 is 0 Å². The minimum atomic E-state index is 0.225. The summed E-state index contributed by atoms with van der Waals surface area (Å²) >= 11 is 1.88. The lowest BCUT2D eigenvalue weighted by Crippen LogP contribution is -2.12. The van der Waals surface area contributed by atoms with Gasteiger partial charge in [-0.25, -0.2) is 0 Å². The molecule has 1 aromatic rings. The van der Waals surface area contributed by atoms with Gasteiger partial charge >= 0.3 is 0 Å². The van der Waals surface area contributed by atoms with E-state index in [0.717, 1.165) is 12.2 Å². The molecule has 0 aromatic carbocycles. The van der Waals surface area contributed by atoms with Crippen molar-refractivity contribution in [2.24, 2.45) is 7.05 Å². The highest BCUT2D eigenvalue weighted by atomic mass is 32.2. The van der Waals surface area contributed by atoms with E-state index in [0.29, 0.717) is 0 Å². The summed E-state index contributed by atoms with van der Waals surface area (Å²) in [6, 6.07) is 0. The molecule has 0 saturated heterocycles. The Morgan fingerprint density at radius 3 is 2.47 bits per heavy atom. The van der Waals surface area contributed by atoms with Gasteiger partial charge in [0.05, 0.1) is 10.7 Å². The number of nitrogens with one attached hydrogen (secondary N) is 1. The van der Waals surface area contributed by atoms with Crippen LogP contribution in [-0.4, -0.2) is 21.6 Å². The SMILES string of the molecule is CNCc1c(C)nn(C)c1SC(C)(C)C. The van der Waals surface area contributed by atoms with Crippen molar-refractivity contribution in [3.05, 3.63) is 11.3 Å². The zero-order valence-corrected chi connectivity index (χ0v) is 11.3. The molecule has 1 heterocycles. The van der Waals surface area contributed by atoms with Gasteiger partial charge in [-0.15, -0.1) is 11.8 Å². The van der Waals surface area contributed by atoms with Gasteiger partial charge in [-0.3, -0.25) is 4.68 Å². The molecule has 0 bridgehead atoms. The molecule has 0 saturated carbocycles. The van der Waals surface area contributed by atoms with Crippen molar-refractivity contribution in [1.82, 2.24) is 15.1 Å². The van der Waals surface area contributed by atoms with Crippen LogP contribution in [0.15, 0.2) is 5.03 Å². The van der Waals surface area contributed by atoms with E-state index in [1.807, 2.05) is 30.5 Å². The first-order valence-electron chi connectivity index (χ1n) is 5.21. The second-order valence-corrected chi connectivity index (χ2v) is 6.55. The largest absolute Gasteiger partial charge is 0.316 e. The molecule has 0 spiro atoms. The van der Waals surface area contributed by atoms with Crippen LogP contribution in [0.4, 0.5) is 0 Å².